The molecule has 43 heavy (non-hydrogen) atoms. The molecule has 6 rings (SSSR count). The summed E-state index contributed by atoms with van der Waals surface area (Å²) in [5, 5.41) is 14.9. The number of aliphatic hydroxyl groups excluding tert-OH is 1. The van der Waals surface area contributed by atoms with Crippen LogP contribution in [0.5, 0.6) is 17.2 Å². The van der Waals surface area contributed by atoms with Crippen LogP contribution in [-0.4, -0.2) is 84.7 Å². The molecule has 0 amide bonds. The summed E-state index contributed by atoms with van der Waals surface area (Å²) < 4.78 is 41.3. The van der Waals surface area contributed by atoms with Crippen molar-refractivity contribution in [3.05, 3.63) is 78.3 Å². The molecular formula is C32H33FN4O6. The number of oxazole rings is 1. The van der Waals surface area contributed by atoms with Crippen molar-refractivity contribution in [3.8, 4) is 40.0 Å². The summed E-state index contributed by atoms with van der Waals surface area (Å²) in [6.07, 6.45) is -0.648. The minimum absolute atomic E-state index is 0.157. The molecule has 2 aromatic heterocycles. The van der Waals surface area contributed by atoms with Crippen LogP contribution in [0.3, 0.4) is 0 Å². The zero-order valence-corrected chi connectivity index (χ0v) is 24.0. The molecule has 0 aliphatic carbocycles. The van der Waals surface area contributed by atoms with Gasteiger partial charge in [0.15, 0.2) is 11.3 Å². The van der Waals surface area contributed by atoms with Crippen LogP contribution in [-0.2, 0) is 6.54 Å². The highest BCUT2D eigenvalue weighted by atomic mass is 19.1. The molecule has 0 radical (unpaired) electrons. The van der Waals surface area contributed by atoms with Gasteiger partial charge in [0.05, 0.1) is 20.8 Å². The second-order valence-electron chi connectivity index (χ2n) is 10.4. The van der Waals surface area contributed by atoms with Crippen molar-refractivity contribution >= 4 is 11.1 Å². The summed E-state index contributed by atoms with van der Waals surface area (Å²) in [6.45, 7) is 4.65. The lowest BCUT2D eigenvalue weighted by atomic mass is 10.1. The van der Waals surface area contributed by atoms with E-state index in [1.807, 2.05) is 24.3 Å². The Labute approximate surface area is 248 Å². The molecular weight excluding hydrogens is 555 g/mol. The molecule has 0 bridgehead atoms. The summed E-state index contributed by atoms with van der Waals surface area (Å²) in [5.74, 6) is 2.85. The quantitative estimate of drug-likeness (QED) is 0.230. The number of β-amino-alcohol motifs (C(OH)–C–C–N with tert-alkyl or cyclic N) is 1. The minimum Gasteiger partial charge on any atom is -0.497 e. The standard InChI is InChI=1S/C32H33FN4O6/c1-39-24-7-9-27(31(17-24)40-2)28-16-26(43-35-28)19-37-13-11-36(12-14-37)18-23(38)20-41-25-8-10-30-29(15-25)34-32(42-30)21-3-5-22(33)6-4-21/h3-10,15-17,23,38H,11-14,18-20H2,1-2H3/t23-/m1/s1. The maximum Gasteiger partial charge on any atom is 0.227 e. The van der Waals surface area contributed by atoms with Gasteiger partial charge in [0.25, 0.3) is 0 Å². The van der Waals surface area contributed by atoms with E-state index in [0.717, 1.165) is 37.5 Å². The molecule has 5 aromatic rings. The van der Waals surface area contributed by atoms with Crippen LogP contribution in [0, 0.1) is 5.82 Å². The van der Waals surface area contributed by atoms with Gasteiger partial charge in [-0.05, 0) is 48.5 Å². The minimum atomic E-state index is -0.648. The van der Waals surface area contributed by atoms with Crippen molar-refractivity contribution < 1.29 is 32.6 Å². The molecule has 1 aliphatic heterocycles. The first-order chi connectivity index (χ1) is 21.0. The number of aliphatic hydroxyl groups is 1. The third-order valence-electron chi connectivity index (χ3n) is 7.45. The Kier molecular flexibility index (Phi) is 8.55. The molecule has 3 aromatic carbocycles. The Bertz CT molecular complexity index is 1660. The molecule has 1 aliphatic rings. The van der Waals surface area contributed by atoms with Crippen LogP contribution >= 0.6 is 0 Å². The fraction of sp³-hybridized carbons (Fsp3) is 0.312. The van der Waals surface area contributed by atoms with Gasteiger partial charge in [-0.2, -0.15) is 0 Å². The summed E-state index contributed by atoms with van der Waals surface area (Å²) >= 11 is 0. The van der Waals surface area contributed by atoms with E-state index in [2.05, 4.69) is 19.9 Å². The summed E-state index contributed by atoms with van der Waals surface area (Å²) in [4.78, 5) is 9.03. The molecule has 11 heteroatoms. The largest absolute Gasteiger partial charge is 0.497 e. The Balaban J connectivity index is 0.964. The lowest BCUT2D eigenvalue weighted by Gasteiger charge is -2.35. The van der Waals surface area contributed by atoms with E-state index in [0.29, 0.717) is 58.6 Å². The van der Waals surface area contributed by atoms with Crippen molar-refractivity contribution in [2.45, 2.75) is 12.6 Å². The molecule has 1 atom stereocenters. The summed E-state index contributed by atoms with van der Waals surface area (Å²) in [7, 11) is 3.23. The fourth-order valence-corrected chi connectivity index (χ4v) is 5.13. The first-order valence-corrected chi connectivity index (χ1v) is 14.1. The second kappa shape index (κ2) is 12.8. The van der Waals surface area contributed by atoms with Gasteiger partial charge < -0.3 is 28.3 Å². The van der Waals surface area contributed by atoms with E-state index in [9.17, 15) is 9.50 Å². The van der Waals surface area contributed by atoms with Gasteiger partial charge in [0, 0.05) is 62.0 Å². The van der Waals surface area contributed by atoms with Gasteiger partial charge in [0.2, 0.25) is 5.89 Å². The Morgan fingerprint density at radius 2 is 1.67 bits per heavy atom. The Morgan fingerprint density at radius 3 is 2.44 bits per heavy atom. The lowest BCUT2D eigenvalue weighted by Crippen LogP contribution is -2.48. The van der Waals surface area contributed by atoms with E-state index in [1.165, 1.54) is 12.1 Å². The van der Waals surface area contributed by atoms with E-state index >= 15 is 0 Å². The van der Waals surface area contributed by atoms with E-state index in [4.69, 9.17) is 23.2 Å². The number of nitrogens with zero attached hydrogens (tertiary/aromatic N) is 4. The van der Waals surface area contributed by atoms with Crippen molar-refractivity contribution in [3.63, 3.8) is 0 Å². The van der Waals surface area contributed by atoms with E-state index in [-0.39, 0.29) is 12.4 Å². The van der Waals surface area contributed by atoms with Crippen molar-refractivity contribution in [2.75, 3.05) is 53.6 Å². The molecule has 10 nitrogen and oxygen atoms in total. The smallest absolute Gasteiger partial charge is 0.227 e. The topological polar surface area (TPSA) is 106 Å². The van der Waals surface area contributed by atoms with Gasteiger partial charge in [0.1, 0.15) is 47.0 Å². The molecule has 3 heterocycles. The number of halogens is 1. The Morgan fingerprint density at radius 1 is 0.907 bits per heavy atom. The fourth-order valence-electron chi connectivity index (χ4n) is 5.13. The van der Waals surface area contributed by atoms with E-state index in [1.54, 1.807) is 44.6 Å². The van der Waals surface area contributed by atoms with Crippen LogP contribution in [0.4, 0.5) is 4.39 Å². The number of methoxy groups -OCH3 is 2. The van der Waals surface area contributed by atoms with Gasteiger partial charge in [-0.3, -0.25) is 9.80 Å². The Hall–Kier alpha value is -4.45. The average Bonchev–Trinajstić information content (AvgIpc) is 3.68. The third kappa shape index (κ3) is 6.80. The third-order valence-corrected chi connectivity index (χ3v) is 7.45. The first-order valence-electron chi connectivity index (χ1n) is 14.1. The molecule has 224 valence electrons. The van der Waals surface area contributed by atoms with Crippen molar-refractivity contribution in [1.82, 2.24) is 19.9 Å². The summed E-state index contributed by atoms with van der Waals surface area (Å²) in [5.41, 5.74) is 3.48. The first kappa shape index (κ1) is 28.7. The SMILES string of the molecule is COc1ccc(-c2cc(CN3CCN(C[C@@H](O)COc4ccc5oc(-c6ccc(F)cc6)nc5c4)CC3)on2)c(OC)c1. The molecule has 1 saturated heterocycles. The highest BCUT2D eigenvalue weighted by Crippen LogP contribution is 2.33. The maximum atomic E-state index is 13.2. The van der Waals surface area contributed by atoms with Crippen LogP contribution in [0.25, 0.3) is 33.8 Å². The van der Waals surface area contributed by atoms with Crippen LogP contribution in [0.2, 0.25) is 0 Å². The predicted molar refractivity (Wildman–Crippen MR) is 158 cm³/mol. The molecule has 0 unspecified atom stereocenters. The zero-order chi connectivity index (χ0) is 29.8. The number of fused-ring (bicyclic) bond motifs is 1. The predicted octanol–water partition coefficient (Wildman–Crippen LogP) is 4.86. The van der Waals surface area contributed by atoms with E-state index < -0.39 is 6.10 Å². The number of piperazine rings is 1. The lowest BCUT2D eigenvalue weighted by molar-refractivity contribution is 0.0430. The van der Waals surface area contributed by atoms with Crippen molar-refractivity contribution in [1.29, 1.82) is 0 Å². The normalized spacial score (nSPS) is 15.1. The number of hydrogen-bond donors (Lipinski definition) is 1. The number of rotatable bonds is 11. The van der Waals surface area contributed by atoms with Gasteiger partial charge in [-0.15, -0.1) is 0 Å². The molecule has 0 saturated carbocycles. The van der Waals surface area contributed by atoms with Crippen LogP contribution in [0.1, 0.15) is 5.76 Å². The average molecular weight is 589 g/mol. The number of ether oxygens (including phenoxy) is 3. The highest BCUT2D eigenvalue weighted by Gasteiger charge is 2.22. The number of hydrogen-bond acceptors (Lipinski definition) is 10. The number of benzene rings is 3. The zero-order valence-electron chi connectivity index (χ0n) is 24.0. The molecule has 0 spiro atoms. The highest BCUT2D eigenvalue weighted by molar-refractivity contribution is 5.77. The van der Waals surface area contributed by atoms with Crippen LogP contribution in [0.15, 0.2) is 75.7 Å². The molecule has 1 fully saturated rings. The van der Waals surface area contributed by atoms with Gasteiger partial charge in [-0.1, -0.05) is 5.16 Å². The van der Waals surface area contributed by atoms with Crippen LogP contribution < -0.4 is 14.2 Å². The monoisotopic (exact) mass is 588 g/mol. The molecule has 1 N–H and O–H groups in total. The summed E-state index contributed by atoms with van der Waals surface area (Å²) in [6, 6.07) is 18.9. The van der Waals surface area contributed by atoms with Crippen molar-refractivity contribution in [2.24, 2.45) is 0 Å². The maximum absolute atomic E-state index is 13.2. The second-order valence-corrected chi connectivity index (χ2v) is 10.4. The number of aromatic nitrogens is 2. The van der Waals surface area contributed by atoms with Gasteiger partial charge >= 0.3 is 0 Å². The van der Waals surface area contributed by atoms with Gasteiger partial charge in [-0.25, -0.2) is 9.37 Å².